The highest BCUT2D eigenvalue weighted by Crippen LogP contribution is 2.33. The van der Waals surface area contributed by atoms with E-state index < -0.39 is 0 Å². The fraction of sp³-hybridized carbons (Fsp3) is 0.560. The van der Waals surface area contributed by atoms with Crippen LogP contribution in [0.3, 0.4) is 0 Å². The van der Waals surface area contributed by atoms with E-state index in [4.69, 9.17) is 20.7 Å². The number of anilines is 2. The van der Waals surface area contributed by atoms with Crippen molar-refractivity contribution in [2.24, 2.45) is 5.73 Å². The van der Waals surface area contributed by atoms with Crippen LogP contribution in [-0.4, -0.2) is 44.7 Å². The molecular formula is C25H38Cl3FN8. The van der Waals surface area contributed by atoms with E-state index in [9.17, 15) is 4.39 Å². The third-order valence-corrected chi connectivity index (χ3v) is 7.08. The van der Waals surface area contributed by atoms with Crippen molar-refractivity contribution in [3.05, 3.63) is 42.0 Å². The van der Waals surface area contributed by atoms with E-state index in [1.165, 1.54) is 37.8 Å². The Morgan fingerprint density at radius 3 is 2.32 bits per heavy atom. The molecule has 0 atom stereocenters. The Morgan fingerprint density at radius 1 is 0.919 bits per heavy atom. The minimum atomic E-state index is -0.212. The maximum atomic E-state index is 13.1. The molecule has 5 rings (SSSR count). The molecule has 2 saturated carbocycles. The van der Waals surface area contributed by atoms with Crippen LogP contribution in [0.4, 0.5) is 16.2 Å². The van der Waals surface area contributed by atoms with E-state index in [1.54, 1.807) is 12.1 Å². The van der Waals surface area contributed by atoms with Gasteiger partial charge in [0.05, 0.1) is 6.33 Å². The highest BCUT2D eigenvalue weighted by Gasteiger charge is 2.23. The predicted octanol–water partition coefficient (Wildman–Crippen LogP) is 5.23. The van der Waals surface area contributed by atoms with Gasteiger partial charge in [0, 0.05) is 37.8 Å². The summed E-state index contributed by atoms with van der Waals surface area (Å²) in [5.41, 5.74) is 8.86. The molecule has 2 fully saturated rings. The van der Waals surface area contributed by atoms with E-state index in [-0.39, 0.29) is 43.0 Å². The smallest absolute Gasteiger partial charge is 0.227 e. The van der Waals surface area contributed by atoms with Crippen LogP contribution in [0.15, 0.2) is 30.6 Å². The summed E-state index contributed by atoms with van der Waals surface area (Å²) in [5, 5.41) is 10.4. The maximum absolute atomic E-state index is 13.1. The van der Waals surface area contributed by atoms with Crippen molar-refractivity contribution in [2.75, 3.05) is 23.7 Å². The van der Waals surface area contributed by atoms with Gasteiger partial charge in [-0.3, -0.25) is 0 Å². The van der Waals surface area contributed by atoms with Gasteiger partial charge in [-0.15, -0.1) is 37.2 Å². The number of nitrogens with zero attached hydrogens (tertiary/aromatic N) is 4. The van der Waals surface area contributed by atoms with Crippen molar-refractivity contribution in [2.45, 2.75) is 76.0 Å². The highest BCUT2D eigenvalue weighted by atomic mass is 35.5. The zero-order valence-corrected chi connectivity index (χ0v) is 23.3. The first-order chi connectivity index (χ1) is 16.7. The third-order valence-electron chi connectivity index (χ3n) is 7.08. The summed E-state index contributed by atoms with van der Waals surface area (Å²) in [7, 11) is 0. The number of benzene rings is 1. The SMILES string of the molecule is Cl.Cl.Cl.N[C@H]1CC[C@H](Nc2nc(NCCNCc3ccc(F)cc3)c3ncn(C4CCCC4)c3n2)CC1. The first kappa shape index (κ1) is 31.3. The van der Waals surface area contributed by atoms with E-state index >= 15 is 0 Å². The lowest BCUT2D eigenvalue weighted by Gasteiger charge is -2.27. The Morgan fingerprint density at radius 2 is 1.62 bits per heavy atom. The van der Waals surface area contributed by atoms with Gasteiger partial charge in [0.2, 0.25) is 5.95 Å². The molecule has 2 aliphatic carbocycles. The number of fused-ring (bicyclic) bond motifs is 1. The van der Waals surface area contributed by atoms with Crippen LogP contribution in [-0.2, 0) is 6.54 Å². The molecule has 0 radical (unpaired) electrons. The molecule has 3 aromatic rings. The standard InChI is InChI=1S/C25H35FN8.3ClH/c26-18-7-5-17(6-8-18)15-28-13-14-29-23-22-24(34(16-30-22)21-3-1-2-4-21)33-25(32-23)31-20-11-9-19(27)10-12-20;;;/h5-8,16,19-21,28H,1-4,9-15,27H2,(H2,29,31,32,33);3*1H/t19-,20-;;;. The van der Waals surface area contributed by atoms with Gasteiger partial charge in [0.25, 0.3) is 0 Å². The van der Waals surface area contributed by atoms with Gasteiger partial charge in [-0.2, -0.15) is 9.97 Å². The Bertz CT molecular complexity index is 1080. The highest BCUT2D eigenvalue weighted by molar-refractivity contribution is 5.86. The second-order valence-electron chi connectivity index (χ2n) is 9.64. The summed E-state index contributed by atoms with van der Waals surface area (Å²) in [6.45, 7) is 2.13. The van der Waals surface area contributed by atoms with Gasteiger partial charge < -0.3 is 26.3 Å². The molecule has 12 heteroatoms. The number of hydrogen-bond donors (Lipinski definition) is 4. The Balaban J connectivity index is 0.00000160. The molecule has 0 aliphatic heterocycles. The predicted molar refractivity (Wildman–Crippen MR) is 155 cm³/mol. The topological polar surface area (TPSA) is 106 Å². The average Bonchev–Trinajstić information content (AvgIpc) is 3.51. The summed E-state index contributed by atoms with van der Waals surface area (Å²) in [4.78, 5) is 14.4. The summed E-state index contributed by atoms with van der Waals surface area (Å²) in [6, 6.07) is 7.70. The summed E-state index contributed by atoms with van der Waals surface area (Å²) in [5.74, 6) is 1.21. The first-order valence-corrected chi connectivity index (χ1v) is 12.6. The normalized spacial score (nSPS) is 19.5. The van der Waals surface area contributed by atoms with Crippen LogP contribution in [0.2, 0.25) is 0 Å². The van der Waals surface area contributed by atoms with Crippen molar-refractivity contribution in [3.8, 4) is 0 Å². The zero-order valence-electron chi connectivity index (χ0n) is 20.9. The molecular weight excluding hydrogens is 538 g/mol. The lowest BCUT2D eigenvalue weighted by Crippen LogP contribution is -2.33. The molecule has 0 bridgehead atoms. The van der Waals surface area contributed by atoms with E-state index in [0.29, 0.717) is 37.2 Å². The quantitative estimate of drug-likeness (QED) is 0.259. The average molecular weight is 576 g/mol. The lowest BCUT2D eigenvalue weighted by atomic mass is 9.92. The van der Waals surface area contributed by atoms with Gasteiger partial charge in [0.1, 0.15) is 5.82 Å². The number of halogens is 4. The second kappa shape index (κ2) is 14.9. The van der Waals surface area contributed by atoms with Crippen LogP contribution in [0.25, 0.3) is 11.2 Å². The van der Waals surface area contributed by atoms with Crippen LogP contribution < -0.4 is 21.7 Å². The zero-order chi connectivity index (χ0) is 23.3. The lowest BCUT2D eigenvalue weighted by molar-refractivity contribution is 0.410. The third kappa shape index (κ3) is 8.04. The first-order valence-electron chi connectivity index (χ1n) is 12.6. The van der Waals surface area contributed by atoms with E-state index in [2.05, 4.69) is 20.5 Å². The molecule has 37 heavy (non-hydrogen) atoms. The molecule has 0 spiro atoms. The van der Waals surface area contributed by atoms with Crippen LogP contribution in [0.1, 0.15) is 63.0 Å². The molecule has 206 valence electrons. The molecule has 8 nitrogen and oxygen atoms in total. The largest absolute Gasteiger partial charge is 0.367 e. The minimum Gasteiger partial charge on any atom is -0.367 e. The second-order valence-corrected chi connectivity index (χ2v) is 9.64. The van der Waals surface area contributed by atoms with Gasteiger partial charge in [-0.1, -0.05) is 25.0 Å². The van der Waals surface area contributed by atoms with Crippen molar-refractivity contribution in [1.29, 1.82) is 0 Å². The van der Waals surface area contributed by atoms with Crippen LogP contribution in [0, 0.1) is 5.82 Å². The molecule has 5 N–H and O–H groups in total. The van der Waals surface area contributed by atoms with Gasteiger partial charge >= 0.3 is 0 Å². The molecule has 0 unspecified atom stereocenters. The summed E-state index contributed by atoms with van der Waals surface area (Å²) >= 11 is 0. The number of rotatable bonds is 9. The number of nitrogens with one attached hydrogen (secondary N) is 3. The summed E-state index contributed by atoms with van der Waals surface area (Å²) in [6.07, 6.45) is 10.9. The fourth-order valence-corrected chi connectivity index (χ4v) is 5.10. The molecule has 2 aromatic heterocycles. The Kier molecular flexibility index (Phi) is 12.6. The molecule has 2 heterocycles. The van der Waals surface area contributed by atoms with Crippen LogP contribution in [0.5, 0.6) is 0 Å². The number of nitrogens with two attached hydrogens (primary N) is 1. The van der Waals surface area contributed by atoms with E-state index in [0.717, 1.165) is 54.8 Å². The van der Waals surface area contributed by atoms with Crippen molar-refractivity contribution < 1.29 is 4.39 Å². The molecule has 2 aliphatic rings. The molecule has 0 saturated heterocycles. The number of hydrogen-bond acceptors (Lipinski definition) is 7. The molecule has 1 aromatic carbocycles. The van der Waals surface area contributed by atoms with Crippen molar-refractivity contribution in [3.63, 3.8) is 0 Å². The Labute approximate surface area is 236 Å². The monoisotopic (exact) mass is 574 g/mol. The Hall–Kier alpha value is -1.91. The van der Waals surface area contributed by atoms with Crippen LogP contribution >= 0.6 is 37.2 Å². The number of imidazole rings is 1. The number of aromatic nitrogens is 4. The maximum Gasteiger partial charge on any atom is 0.227 e. The van der Waals surface area contributed by atoms with Gasteiger partial charge in [-0.05, 0) is 56.2 Å². The fourth-order valence-electron chi connectivity index (χ4n) is 5.10. The minimum absolute atomic E-state index is 0. The summed E-state index contributed by atoms with van der Waals surface area (Å²) < 4.78 is 15.3. The van der Waals surface area contributed by atoms with Crippen molar-refractivity contribution in [1.82, 2.24) is 24.8 Å². The van der Waals surface area contributed by atoms with Gasteiger partial charge in [0.15, 0.2) is 17.0 Å². The van der Waals surface area contributed by atoms with Gasteiger partial charge in [-0.25, -0.2) is 9.37 Å². The molecule has 0 amide bonds. The van der Waals surface area contributed by atoms with E-state index in [1.807, 2.05) is 6.33 Å². The van der Waals surface area contributed by atoms with Crippen molar-refractivity contribution >= 4 is 60.2 Å².